The molecule has 0 saturated carbocycles. The summed E-state index contributed by atoms with van der Waals surface area (Å²) in [4.78, 5) is 17.1. The van der Waals surface area contributed by atoms with Crippen LogP contribution in [0.15, 0.2) is 24.4 Å². The van der Waals surface area contributed by atoms with Gasteiger partial charge in [-0.3, -0.25) is 4.79 Å². The van der Waals surface area contributed by atoms with Gasteiger partial charge in [0, 0.05) is 23.2 Å². The maximum atomic E-state index is 12.3. The molecule has 7 heteroatoms. The van der Waals surface area contributed by atoms with Crippen molar-refractivity contribution in [2.45, 2.75) is 46.6 Å². The molecule has 1 aliphatic heterocycles. The molecule has 0 radical (unpaired) electrons. The summed E-state index contributed by atoms with van der Waals surface area (Å²) in [5, 5.41) is 5.48. The van der Waals surface area contributed by atoms with Crippen molar-refractivity contribution in [1.82, 2.24) is 14.8 Å². The molecule has 0 amide bonds. The highest BCUT2D eigenvalue weighted by Crippen LogP contribution is 2.35. The van der Waals surface area contributed by atoms with E-state index in [4.69, 9.17) is 19.2 Å². The normalized spacial score (nSPS) is 12.8. The van der Waals surface area contributed by atoms with Gasteiger partial charge in [-0.05, 0) is 57.4 Å². The monoisotopic (exact) mass is 381 g/mol. The second kappa shape index (κ2) is 7.14. The Hall–Kier alpha value is -3.09. The van der Waals surface area contributed by atoms with Gasteiger partial charge in [-0.2, -0.15) is 5.10 Å². The first-order valence-electron chi connectivity index (χ1n) is 9.37. The molecule has 1 aromatic carbocycles. The maximum Gasteiger partial charge on any atom is 0.311 e. The molecule has 0 fully saturated rings. The number of aryl methyl sites for hydroxylation is 2. The quantitative estimate of drug-likeness (QED) is 0.493. The molecule has 146 valence electrons. The Morgan fingerprint density at radius 3 is 2.82 bits per heavy atom. The van der Waals surface area contributed by atoms with E-state index in [9.17, 15) is 4.79 Å². The summed E-state index contributed by atoms with van der Waals surface area (Å²) in [6, 6.07) is 5.36. The lowest BCUT2D eigenvalue weighted by Gasteiger charge is -2.12. The summed E-state index contributed by atoms with van der Waals surface area (Å²) >= 11 is 0. The van der Waals surface area contributed by atoms with E-state index in [2.05, 4.69) is 25.9 Å². The summed E-state index contributed by atoms with van der Waals surface area (Å²) in [7, 11) is 0. The number of esters is 1. The minimum atomic E-state index is -0.296. The van der Waals surface area contributed by atoms with Crippen molar-refractivity contribution in [1.29, 1.82) is 0 Å². The molecule has 3 aromatic rings. The molecule has 28 heavy (non-hydrogen) atoms. The number of rotatable bonds is 5. The highest BCUT2D eigenvalue weighted by Gasteiger charge is 2.18. The number of fused-ring (bicyclic) bond motifs is 2. The fraction of sp³-hybridized carbons (Fsp3) is 0.381. The molecule has 4 rings (SSSR count). The van der Waals surface area contributed by atoms with Gasteiger partial charge in [0.25, 0.3) is 0 Å². The summed E-state index contributed by atoms with van der Waals surface area (Å²) < 4.78 is 18.0. The fourth-order valence-corrected chi connectivity index (χ4v) is 3.49. The lowest BCUT2D eigenvalue weighted by atomic mass is 10.0. The zero-order valence-electron chi connectivity index (χ0n) is 16.5. The minimum Gasteiger partial charge on any atom is -0.454 e. The summed E-state index contributed by atoms with van der Waals surface area (Å²) in [6.45, 7) is 8.39. The number of aromatic nitrogens is 3. The topological polar surface area (TPSA) is 75.5 Å². The Labute approximate surface area is 163 Å². The van der Waals surface area contributed by atoms with Gasteiger partial charge in [0.15, 0.2) is 17.1 Å². The van der Waals surface area contributed by atoms with E-state index in [1.54, 1.807) is 18.2 Å². The second-order valence-corrected chi connectivity index (χ2v) is 7.21. The Kier molecular flexibility index (Phi) is 4.66. The number of benzene rings is 1. The molecule has 7 nitrogen and oxygen atoms in total. The van der Waals surface area contributed by atoms with Gasteiger partial charge in [-0.1, -0.05) is 0 Å². The van der Waals surface area contributed by atoms with Gasteiger partial charge < -0.3 is 14.2 Å². The van der Waals surface area contributed by atoms with Crippen LogP contribution < -0.4 is 14.2 Å². The Bertz CT molecular complexity index is 1060. The van der Waals surface area contributed by atoms with Crippen LogP contribution in [0.25, 0.3) is 11.0 Å². The average Bonchev–Trinajstić information content (AvgIpc) is 3.27. The fourth-order valence-electron chi connectivity index (χ4n) is 3.49. The Morgan fingerprint density at radius 1 is 1.25 bits per heavy atom. The molecule has 0 saturated heterocycles. The standard InChI is InChI=1S/C21H23N3O4/c1-12(2)24-21-17(10-22-24)13(3)16(14(4)23-21)6-8-20(25)28-15-5-7-18-19(9-15)27-11-26-18/h5,7,9-10,12H,6,8,11H2,1-4H3. The van der Waals surface area contributed by atoms with Crippen LogP contribution in [0.1, 0.15) is 43.1 Å². The summed E-state index contributed by atoms with van der Waals surface area (Å²) in [5.74, 6) is 1.41. The van der Waals surface area contributed by atoms with Crippen LogP contribution in [0, 0.1) is 13.8 Å². The molecule has 3 heterocycles. The molecule has 2 aromatic heterocycles. The SMILES string of the molecule is Cc1nc2c(cnn2C(C)C)c(C)c1CCC(=O)Oc1ccc2c(c1)OCO2. The Morgan fingerprint density at radius 2 is 2.04 bits per heavy atom. The maximum absolute atomic E-state index is 12.3. The molecule has 0 bridgehead atoms. The third-order valence-electron chi connectivity index (χ3n) is 4.98. The number of hydrogen-bond acceptors (Lipinski definition) is 6. The van der Waals surface area contributed by atoms with Crippen molar-refractivity contribution in [3.05, 3.63) is 41.2 Å². The van der Waals surface area contributed by atoms with E-state index in [0.717, 1.165) is 27.9 Å². The Balaban J connectivity index is 1.48. The number of carbonyl (C=O) groups is 1. The molecule has 0 unspecified atom stereocenters. The predicted molar refractivity (Wildman–Crippen MR) is 104 cm³/mol. The van der Waals surface area contributed by atoms with Crippen LogP contribution in [0.2, 0.25) is 0 Å². The first-order chi connectivity index (χ1) is 13.4. The van der Waals surface area contributed by atoms with E-state index >= 15 is 0 Å². The molecule has 0 N–H and O–H groups in total. The van der Waals surface area contributed by atoms with Crippen LogP contribution in [0.4, 0.5) is 0 Å². The van der Waals surface area contributed by atoms with E-state index in [-0.39, 0.29) is 25.2 Å². The van der Waals surface area contributed by atoms with E-state index in [1.165, 1.54) is 0 Å². The number of pyridine rings is 1. The lowest BCUT2D eigenvalue weighted by Crippen LogP contribution is -2.11. The van der Waals surface area contributed by atoms with Crippen LogP contribution in [0.5, 0.6) is 17.2 Å². The van der Waals surface area contributed by atoms with E-state index in [1.807, 2.05) is 17.8 Å². The van der Waals surface area contributed by atoms with Crippen molar-refractivity contribution >= 4 is 17.0 Å². The zero-order chi connectivity index (χ0) is 19.8. The summed E-state index contributed by atoms with van der Waals surface area (Å²) in [5.41, 5.74) is 3.99. The van der Waals surface area contributed by atoms with Crippen LogP contribution in [-0.2, 0) is 11.2 Å². The van der Waals surface area contributed by atoms with Gasteiger partial charge in [-0.25, -0.2) is 9.67 Å². The third kappa shape index (κ3) is 3.28. The van der Waals surface area contributed by atoms with Crippen LogP contribution >= 0.6 is 0 Å². The minimum absolute atomic E-state index is 0.189. The third-order valence-corrected chi connectivity index (χ3v) is 4.98. The zero-order valence-corrected chi connectivity index (χ0v) is 16.5. The highest BCUT2D eigenvalue weighted by molar-refractivity contribution is 5.81. The molecule has 0 spiro atoms. The van der Waals surface area contributed by atoms with Crippen molar-refractivity contribution in [3.8, 4) is 17.2 Å². The van der Waals surface area contributed by atoms with Crippen molar-refractivity contribution in [2.24, 2.45) is 0 Å². The van der Waals surface area contributed by atoms with Crippen molar-refractivity contribution in [2.75, 3.05) is 6.79 Å². The molecular weight excluding hydrogens is 358 g/mol. The first-order valence-corrected chi connectivity index (χ1v) is 9.37. The largest absolute Gasteiger partial charge is 0.454 e. The molecule has 0 aliphatic carbocycles. The van der Waals surface area contributed by atoms with Crippen molar-refractivity contribution < 1.29 is 19.0 Å². The first kappa shape index (κ1) is 18.3. The van der Waals surface area contributed by atoms with Gasteiger partial charge in [0.05, 0.1) is 12.6 Å². The van der Waals surface area contributed by atoms with Crippen LogP contribution in [-0.4, -0.2) is 27.5 Å². The predicted octanol–water partition coefficient (Wildman–Crippen LogP) is 3.90. The van der Waals surface area contributed by atoms with Crippen LogP contribution in [0.3, 0.4) is 0 Å². The highest BCUT2D eigenvalue weighted by atomic mass is 16.7. The van der Waals surface area contributed by atoms with Gasteiger partial charge in [0.2, 0.25) is 6.79 Å². The second-order valence-electron chi connectivity index (χ2n) is 7.21. The smallest absolute Gasteiger partial charge is 0.311 e. The molecular formula is C21H23N3O4. The average molecular weight is 381 g/mol. The molecule has 0 atom stereocenters. The molecule has 1 aliphatic rings. The van der Waals surface area contributed by atoms with Gasteiger partial charge in [0.1, 0.15) is 5.75 Å². The van der Waals surface area contributed by atoms with Gasteiger partial charge in [-0.15, -0.1) is 0 Å². The number of nitrogens with zero attached hydrogens (tertiary/aromatic N) is 3. The summed E-state index contributed by atoms with van der Waals surface area (Å²) in [6.07, 6.45) is 2.68. The van der Waals surface area contributed by atoms with E-state index in [0.29, 0.717) is 23.7 Å². The number of ether oxygens (including phenoxy) is 3. The number of hydrogen-bond donors (Lipinski definition) is 0. The lowest BCUT2D eigenvalue weighted by molar-refractivity contribution is -0.134. The van der Waals surface area contributed by atoms with Gasteiger partial charge >= 0.3 is 5.97 Å². The van der Waals surface area contributed by atoms with E-state index < -0.39 is 0 Å². The number of carbonyl (C=O) groups excluding carboxylic acids is 1. The van der Waals surface area contributed by atoms with Crippen molar-refractivity contribution in [3.63, 3.8) is 0 Å².